The van der Waals surface area contributed by atoms with E-state index in [2.05, 4.69) is 15.3 Å². The van der Waals surface area contributed by atoms with E-state index in [1.54, 1.807) is 0 Å². The van der Waals surface area contributed by atoms with E-state index in [-0.39, 0.29) is 0 Å². The van der Waals surface area contributed by atoms with Gasteiger partial charge in [0.05, 0.1) is 12.1 Å². The number of nitrogens with two attached hydrogens (primary N) is 1. The summed E-state index contributed by atoms with van der Waals surface area (Å²) in [6.45, 7) is 4.67. The van der Waals surface area contributed by atoms with Gasteiger partial charge < -0.3 is 15.8 Å². The summed E-state index contributed by atoms with van der Waals surface area (Å²) in [7, 11) is 0. The Morgan fingerprint density at radius 3 is 2.72 bits per heavy atom. The van der Waals surface area contributed by atoms with Crippen LogP contribution < -0.4 is 11.1 Å². The van der Waals surface area contributed by atoms with Crippen molar-refractivity contribution in [3.63, 3.8) is 0 Å². The van der Waals surface area contributed by atoms with Crippen LogP contribution in [0.4, 0.5) is 11.6 Å². The molecular formula is C13H20N4O. The fourth-order valence-electron chi connectivity index (χ4n) is 2.62. The zero-order valence-corrected chi connectivity index (χ0v) is 10.9. The van der Waals surface area contributed by atoms with Crippen LogP contribution in [0.25, 0.3) is 0 Å². The lowest BCUT2D eigenvalue weighted by Crippen LogP contribution is -2.31. The van der Waals surface area contributed by atoms with E-state index in [1.165, 1.54) is 12.8 Å². The maximum absolute atomic E-state index is 5.88. The minimum absolute atomic E-state index is 0.348. The topological polar surface area (TPSA) is 73.1 Å². The molecule has 0 spiro atoms. The van der Waals surface area contributed by atoms with Crippen LogP contribution in [0.2, 0.25) is 0 Å². The number of nitrogens with one attached hydrogen (secondary N) is 1. The maximum atomic E-state index is 5.88. The Morgan fingerprint density at radius 2 is 2.00 bits per heavy atom. The van der Waals surface area contributed by atoms with Gasteiger partial charge in [-0.1, -0.05) is 0 Å². The fourth-order valence-corrected chi connectivity index (χ4v) is 2.62. The Labute approximate surface area is 107 Å². The monoisotopic (exact) mass is 248 g/mol. The molecule has 18 heavy (non-hydrogen) atoms. The lowest BCUT2D eigenvalue weighted by molar-refractivity contribution is 0.0898. The number of aryl methyl sites for hydroxylation is 1. The van der Waals surface area contributed by atoms with Gasteiger partial charge in [-0.05, 0) is 39.0 Å². The summed E-state index contributed by atoms with van der Waals surface area (Å²) in [5.74, 6) is 2.88. The molecule has 0 bridgehead atoms. The number of aromatic nitrogens is 2. The second kappa shape index (κ2) is 4.39. The zero-order valence-electron chi connectivity index (χ0n) is 10.9. The van der Waals surface area contributed by atoms with Gasteiger partial charge in [0.1, 0.15) is 17.5 Å². The first-order valence-electron chi connectivity index (χ1n) is 6.64. The number of nitrogen functional groups attached to an aromatic ring is 1. The Morgan fingerprint density at radius 1 is 1.22 bits per heavy atom. The van der Waals surface area contributed by atoms with Gasteiger partial charge in [-0.15, -0.1) is 0 Å². The maximum Gasteiger partial charge on any atom is 0.135 e. The average molecular weight is 248 g/mol. The third kappa shape index (κ3) is 2.14. The molecule has 3 N–H and O–H groups in total. The average Bonchev–Trinajstić information content (AvgIpc) is 3.07. The number of hydrogen-bond acceptors (Lipinski definition) is 5. The second-order valence-corrected chi connectivity index (χ2v) is 5.34. The van der Waals surface area contributed by atoms with Gasteiger partial charge in [0.15, 0.2) is 0 Å². The van der Waals surface area contributed by atoms with Crippen molar-refractivity contribution in [1.29, 1.82) is 0 Å². The SMILES string of the molecule is Cc1nc(N)c(C)c(NC2CCOC2C2CC2)n1. The minimum Gasteiger partial charge on any atom is -0.383 e. The van der Waals surface area contributed by atoms with Crippen molar-refractivity contribution in [3.8, 4) is 0 Å². The highest BCUT2D eigenvalue weighted by atomic mass is 16.5. The number of rotatable bonds is 3. The van der Waals surface area contributed by atoms with Crippen LogP contribution in [0.5, 0.6) is 0 Å². The van der Waals surface area contributed by atoms with Crippen molar-refractivity contribution in [2.75, 3.05) is 17.7 Å². The summed E-state index contributed by atoms with van der Waals surface area (Å²) in [6, 6.07) is 0.366. The summed E-state index contributed by atoms with van der Waals surface area (Å²) < 4.78 is 5.82. The molecule has 1 aliphatic carbocycles. The van der Waals surface area contributed by atoms with Crippen LogP contribution in [-0.4, -0.2) is 28.7 Å². The number of hydrogen-bond donors (Lipinski definition) is 2. The molecule has 1 aromatic heterocycles. The zero-order chi connectivity index (χ0) is 12.7. The first kappa shape index (κ1) is 11.7. The Kier molecular flexibility index (Phi) is 2.86. The lowest BCUT2D eigenvalue weighted by atomic mass is 10.1. The Bertz CT molecular complexity index is 459. The van der Waals surface area contributed by atoms with Gasteiger partial charge in [0.25, 0.3) is 0 Å². The molecule has 2 heterocycles. The molecule has 0 aromatic carbocycles. The third-order valence-corrected chi connectivity index (χ3v) is 3.84. The van der Waals surface area contributed by atoms with Crippen LogP contribution >= 0.6 is 0 Å². The van der Waals surface area contributed by atoms with E-state index in [4.69, 9.17) is 10.5 Å². The molecule has 98 valence electrons. The first-order chi connectivity index (χ1) is 8.65. The van der Waals surface area contributed by atoms with Crippen LogP contribution in [-0.2, 0) is 4.74 Å². The minimum atomic E-state index is 0.348. The smallest absolute Gasteiger partial charge is 0.135 e. The van der Waals surface area contributed by atoms with Gasteiger partial charge in [0, 0.05) is 12.2 Å². The van der Waals surface area contributed by atoms with Gasteiger partial charge >= 0.3 is 0 Å². The number of nitrogens with zero attached hydrogens (tertiary/aromatic N) is 2. The van der Waals surface area contributed by atoms with Crippen LogP contribution in [0.15, 0.2) is 0 Å². The summed E-state index contributed by atoms with van der Waals surface area (Å²) in [5, 5.41) is 3.51. The van der Waals surface area contributed by atoms with Crippen molar-refractivity contribution < 1.29 is 4.74 Å². The van der Waals surface area contributed by atoms with Gasteiger partial charge in [-0.3, -0.25) is 0 Å². The molecule has 0 radical (unpaired) electrons. The summed E-state index contributed by atoms with van der Waals surface area (Å²) >= 11 is 0. The molecule has 5 heteroatoms. The molecule has 2 atom stereocenters. The molecule has 1 saturated heterocycles. The highest BCUT2D eigenvalue weighted by Gasteiger charge is 2.40. The van der Waals surface area contributed by atoms with Gasteiger partial charge in [-0.25, -0.2) is 9.97 Å². The normalized spacial score (nSPS) is 27.4. The predicted octanol–water partition coefficient (Wildman–Crippen LogP) is 1.66. The van der Waals surface area contributed by atoms with E-state index in [1.807, 2.05) is 13.8 Å². The predicted molar refractivity (Wildman–Crippen MR) is 70.4 cm³/mol. The largest absolute Gasteiger partial charge is 0.383 e. The van der Waals surface area contributed by atoms with Crippen LogP contribution in [0, 0.1) is 19.8 Å². The second-order valence-electron chi connectivity index (χ2n) is 5.34. The van der Waals surface area contributed by atoms with Crippen LogP contribution in [0.3, 0.4) is 0 Å². The lowest BCUT2D eigenvalue weighted by Gasteiger charge is -2.21. The molecule has 1 aliphatic heterocycles. The van der Waals surface area contributed by atoms with E-state index in [0.29, 0.717) is 23.8 Å². The van der Waals surface area contributed by atoms with Gasteiger partial charge in [-0.2, -0.15) is 0 Å². The van der Waals surface area contributed by atoms with Crippen molar-refractivity contribution in [3.05, 3.63) is 11.4 Å². The van der Waals surface area contributed by atoms with Crippen molar-refractivity contribution in [1.82, 2.24) is 9.97 Å². The Hall–Kier alpha value is -1.36. The quantitative estimate of drug-likeness (QED) is 0.851. The molecule has 5 nitrogen and oxygen atoms in total. The molecule has 3 rings (SSSR count). The Balaban J connectivity index is 1.79. The number of ether oxygens (including phenoxy) is 1. The first-order valence-corrected chi connectivity index (χ1v) is 6.64. The third-order valence-electron chi connectivity index (χ3n) is 3.84. The molecule has 1 aromatic rings. The van der Waals surface area contributed by atoms with Crippen LogP contribution in [0.1, 0.15) is 30.7 Å². The molecule has 2 aliphatic rings. The summed E-state index contributed by atoms with van der Waals surface area (Å²) in [4.78, 5) is 8.62. The fraction of sp³-hybridized carbons (Fsp3) is 0.692. The van der Waals surface area contributed by atoms with E-state index >= 15 is 0 Å². The molecular weight excluding hydrogens is 228 g/mol. The number of anilines is 2. The van der Waals surface area contributed by atoms with E-state index in [9.17, 15) is 0 Å². The van der Waals surface area contributed by atoms with Gasteiger partial charge in [0.2, 0.25) is 0 Å². The van der Waals surface area contributed by atoms with E-state index < -0.39 is 0 Å². The standard InChI is InChI=1S/C13H20N4O/c1-7-12(14)15-8(2)16-13(7)17-10-5-6-18-11(10)9-3-4-9/h9-11H,3-6H2,1-2H3,(H3,14,15,16,17). The molecule has 2 fully saturated rings. The summed E-state index contributed by atoms with van der Waals surface area (Å²) in [6.07, 6.45) is 3.99. The summed E-state index contributed by atoms with van der Waals surface area (Å²) in [5.41, 5.74) is 6.81. The molecule has 0 amide bonds. The van der Waals surface area contributed by atoms with Crippen molar-refractivity contribution in [2.45, 2.75) is 45.3 Å². The highest BCUT2D eigenvalue weighted by Crippen LogP contribution is 2.39. The van der Waals surface area contributed by atoms with Crippen molar-refractivity contribution >= 4 is 11.6 Å². The molecule has 2 unspecified atom stereocenters. The highest BCUT2D eigenvalue weighted by molar-refractivity contribution is 5.55. The molecule has 1 saturated carbocycles. The van der Waals surface area contributed by atoms with E-state index in [0.717, 1.165) is 30.3 Å². The van der Waals surface area contributed by atoms with Crippen molar-refractivity contribution in [2.24, 2.45) is 5.92 Å².